The molecule has 0 heterocycles. The van der Waals surface area contributed by atoms with Crippen molar-refractivity contribution in [2.24, 2.45) is 0 Å². The Labute approximate surface area is 141 Å². The first kappa shape index (κ1) is 17.5. The zero-order chi connectivity index (χ0) is 17.4. The Morgan fingerprint density at radius 2 is 1.96 bits per heavy atom. The Morgan fingerprint density at radius 1 is 1.12 bits per heavy atom. The molecule has 2 aromatic carbocycles. The molecule has 0 saturated carbocycles. The molecule has 0 unspecified atom stereocenters. The van der Waals surface area contributed by atoms with Gasteiger partial charge in [-0.3, -0.25) is 4.79 Å². The molecule has 2 aromatic rings. The van der Waals surface area contributed by atoms with Crippen LogP contribution in [-0.4, -0.2) is 26.0 Å². The van der Waals surface area contributed by atoms with Crippen LogP contribution < -0.4 is 14.2 Å². The number of esters is 1. The normalized spacial score (nSPS) is 10.1. The second-order valence-electron chi connectivity index (χ2n) is 5.15. The number of carbonyl (C=O) groups excluding carboxylic acids is 2. The van der Waals surface area contributed by atoms with E-state index in [0.29, 0.717) is 35.5 Å². The molecule has 0 saturated heterocycles. The molecule has 0 N–H and O–H groups in total. The number of carbonyl (C=O) groups is 2. The first-order chi connectivity index (χ1) is 11.7. The van der Waals surface area contributed by atoms with Gasteiger partial charge in [-0.25, -0.2) is 4.79 Å². The Hall–Kier alpha value is -2.82. The number of rotatable bonds is 8. The molecular weight excluding hydrogens is 308 g/mol. The van der Waals surface area contributed by atoms with Crippen molar-refractivity contribution in [2.75, 3.05) is 13.7 Å². The fraction of sp³-hybridized carbons (Fsp3) is 0.263. The van der Waals surface area contributed by atoms with E-state index in [2.05, 4.69) is 6.92 Å². The van der Waals surface area contributed by atoms with Crippen molar-refractivity contribution in [1.29, 1.82) is 0 Å². The fourth-order valence-corrected chi connectivity index (χ4v) is 2.05. The maximum Gasteiger partial charge on any atom is 0.343 e. The summed E-state index contributed by atoms with van der Waals surface area (Å²) in [7, 11) is 1.45. The van der Waals surface area contributed by atoms with Gasteiger partial charge >= 0.3 is 5.97 Å². The van der Waals surface area contributed by atoms with Crippen molar-refractivity contribution in [2.45, 2.75) is 19.8 Å². The standard InChI is InChI=1S/C19H20O5/c1-3-4-10-23-16-7-5-6-15(12-16)19(21)24-17-9-8-14(13-20)11-18(17)22-2/h5-9,11-13H,3-4,10H2,1-2H3. The van der Waals surface area contributed by atoms with Crippen molar-refractivity contribution in [1.82, 2.24) is 0 Å². The third-order valence-corrected chi connectivity index (χ3v) is 3.36. The van der Waals surface area contributed by atoms with Crippen LogP contribution in [0.1, 0.15) is 40.5 Å². The smallest absolute Gasteiger partial charge is 0.343 e. The summed E-state index contributed by atoms with van der Waals surface area (Å²) in [5.74, 6) is 0.683. The maximum absolute atomic E-state index is 12.3. The van der Waals surface area contributed by atoms with E-state index in [4.69, 9.17) is 14.2 Å². The Morgan fingerprint density at radius 3 is 2.67 bits per heavy atom. The molecule has 0 atom stereocenters. The van der Waals surface area contributed by atoms with Gasteiger partial charge in [-0.05, 0) is 42.8 Å². The van der Waals surface area contributed by atoms with Gasteiger partial charge in [-0.15, -0.1) is 0 Å². The van der Waals surface area contributed by atoms with E-state index in [-0.39, 0.29) is 5.75 Å². The lowest BCUT2D eigenvalue weighted by molar-refractivity contribution is 0.0729. The predicted octanol–water partition coefficient (Wildman–Crippen LogP) is 3.91. The molecule has 0 spiro atoms. The summed E-state index contributed by atoms with van der Waals surface area (Å²) in [6, 6.07) is 11.4. The van der Waals surface area contributed by atoms with Gasteiger partial charge in [0.15, 0.2) is 11.5 Å². The number of unbranched alkanes of at least 4 members (excludes halogenated alkanes) is 1. The highest BCUT2D eigenvalue weighted by molar-refractivity contribution is 5.92. The molecule has 0 aliphatic carbocycles. The lowest BCUT2D eigenvalue weighted by atomic mass is 10.2. The summed E-state index contributed by atoms with van der Waals surface area (Å²) in [4.78, 5) is 23.1. The van der Waals surface area contributed by atoms with Crippen LogP contribution in [0.4, 0.5) is 0 Å². The van der Waals surface area contributed by atoms with Crippen LogP contribution in [0.3, 0.4) is 0 Å². The molecule has 0 amide bonds. The molecular formula is C19H20O5. The van der Waals surface area contributed by atoms with Gasteiger partial charge in [0.05, 0.1) is 19.3 Å². The van der Waals surface area contributed by atoms with Crippen molar-refractivity contribution >= 4 is 12.3 Å². The maximum atomic E-state index is 12.3. The molecule has 0 bridgehead atoms. The monoisotopic (exact) mass is 328 g/mol. The molecule has 0 aromatic heterocycles. The number of methoxy groups -OCH3 is 1. The Balaban J connectivity index is 2.12. The number of ether oxygens (including phenoxy) is 3. The molecule has 5 nitrogen and oxygen atoms in total. The molecule has 24 heavy (non-hydrogen) atoms. The zero-order valence-electron chi connectivity index (χ0n) is 13.8. The lowest BCUT2D eigenvalue weighted by Gasteiger charge is -2.10. The largest absolute Gasteiger partial charge is 0.494 e. The second kappa shape index (κ2) is 8.72. The topological polar surface area (TPSA) is 61.8 Å². The van der Waals surface area contributed by atoms with Crippen LogP contribution >= 0.6 is 0 Å². The summed E-state index contributed by atoms with van der Waals surface area (Å²) in [5, 5.41) is 0. The van der Waals surface area contributed by atoms with E-state index in [1.165, 1.54) is 19.2 Å². The third kappa shape index (κ3) is 4.59. The lowest BCUT2D eigenvalue weighted by Crippen LogP contribution is -2.10. The number of hydrogen-bond acceptors (Lipinski definition) is 5. The van der Waals surface area contributed by atoms with Crippen LogP contribution in [0, 0.1) is 0 Å². The van der Waals surface area contributed by atoms with E-state index < -0.39 is 5.97 Å². The average molecular weight is 328 g/mol. The molecule has 0 aliphatic heterocycles. The number of hydrogen-bond donors (Lipinski definition) is 0. The van der Waals surface area contributed by atoms with Gasteiger partial charge in [-0.2, -0.15) is 0 Å². The zero-order valence-corrected chi connectivity index (χ0v) is 13.8. The van der Waals surface area contributed by atoms with Crippen molar-refractivity contribution < 1.29 is 23.8 Å². The number of benzene rings is 2. The molecule has 2 rings (SSSR count). The van der Waals surface area contributed by atoms with Crippen molar-refractivity contribution in [3.8, 4) is 17.2 Å². The van der Waals surface area contributed by atoms with Gasteiger partial charge in [0.25, 0.3) is 0 Å². The van der Waals surface area contributed by atoms with Gasteiger partial charge in [0.1, 0.15) is 12.0 Å². The second-order valence-corrected chi connectivity index (χ2v) is 5.15. The van der Waals surface area contributed by atoms with Crippen molar-refractivity contribution in [3.63, 3.8) is 0 Å². The van der Waals surface area contributed by atoms with Crippen LogP contribution in [0.15, 0.2) is 42.5 Å². The van der Waals surface area contributed by atoms with Crippen LogP contribution in [-0.2, 0) is 0 Å². The summed E-state index contributed by atoms with van der Waals surface area (Å²) < 4.78 is 16.1. The van der Waals surface area contributed by atoms with E-state index in [1.54, 1.807) is 30.3 Å². The number of aldehydes is 1. The van der Waals surface area contributed by atoms with Gasteiger partial charge in [-0.1, -0.05) is 19.4 Å². The van der Waals surface area contributed by atoms with E-state index in [0.717, 1.165) is 12.8 Å². The minimum absolute atomic E-state index is 0.255. The minimum Gasteiger partial charge on any atom is -0.494 e. The Bertz CT molecular complexity index is 709. The molecule has 126 valence electrons. The highest BCUT2D eigenvalue weighted by atomic mass is 16.6. The van der Waals surface area contributed by atoms with Crippen LogP contribution in [0.5, 0.6) is 17.2 Å². The van der Waals surface area contributed by atoms with Crippen molar-refractivity contribution in [3.05, 3.63) is 53.6 Å². The van der Waals surface area contributed by atoms with E-state index in [9.17, 15) is 9.59 Å². The van der Waals surface area contributed by atoms with E-state index >= 15 is 0 Å². The quantitative estimate of drug-likeness (QED) is 0.318. The van der Waals surface area contributed by atoms with Crippen LogP contribution in [0.25, 0.3) is 0 Å². The summed E-state index contributed by atoms with van der Waals surface area (Å²) in [6.07, 6.45) is 2.69. The first-order valence-corrected chi connectivity index (χ1v) is 7.76. The van der Waals surface area contributed by atoms with Crippen LogP contribution in [0.2, 0.25) is 0 Å². The summed E-state index contributed by atoms with van der Waals surface area (Å²) in [5.41, 5.74) is 0.823. The third-order valence-electron chi connectivity index (χ3n) is 3.36. The minimum atomic E-state index is -0.520. The summed E-state index contributed by atoms with van der Waals surface area (Å²) >= 11 is 0. The molecule has 0 radical (unpaired) electrons. The fourth-order valence-electron chi connectivity index (χ4n) is 2.05. The van der Waals surface area contributed by atoms with Gasteiger partial charge < -0.3 is 14.2 Å². The predicted molar refractivity (Wildman–Crippen MR) is 90.2 cm³/mol. The molecule has 0 fully saturated rings. The van der Waals surface area contributed by atoms with Gasteiger partial charge in [0.2, 0.25) is 0 Å². The highest BCUT2D eigenvalue weighted by Gasteiger charge is 2.13. The first-order valence-electron chi connectivity index (χ1n) is 7.76. The molecule has 5 heteroatoms. The SMILES string of the molecule is CCCCOc1cccc(C(=O)Oc2ccc(C=O)cc2OC)c1. The highest BCUT2D eigenvalue weighted by Crippen LogP contribution is 2.28. The Kier molecular flexibility index (Phi) is 6.37. The summed E-state index contributed by atoms with van der Waals surface area (Å²) in [6.45, 7) is 2.69. The van der Waals surface area contributed by atoms with Gasteiger partial charge in [0, 0.05) is 5.56 Å². The average Bonchev–Trinajstić information content (AvgIpc) is 2.62. The molecule has 0 aliphatic rings. The van der Waals surface area contributed by atoms with E-state index in [1.807, 2.05) is 0 Å².